The van der Waals surface area contributed by atoms with E-state index >= 15 is 0 Å². The fourth-order valence-electron chi connectivity index (χ4n) is 2.44. The molecule has 146 valence electrons. The van der Waals surface area contributed by atoms with Gasteiger partial charge in [-0.25, -0.2) is 4.68 Å². The van der Waals surface area contributed by atoms with Crippen LogP contribution < -0.4 is 10.1 Å². The SMILES string of the molecule is Cc1ccc(Cl)c(OCn2ccc(C(=O)Nc3ccccc3C(F)(F)F)n2)c1. The largest absolute Gasteiger partial charge is 0.470 e. The molecule has 0 aliphatic heterocycles. The van der Waals surface area contributed by atoms with Gasteiger partial charge >= 0.3 is 6.18 Å². The first kappa shape index (κ1) is 19.8. The van der Waals surface area contributed by atoms with Gasteiger partial charge in [0.15, 0.2) is 12.4 Å². The minimum atomic E-state index is -4.58. The molecule has 9 heteroatoms. The first-order chi connectivity index (χ1) is 13.2. The Kier molecular flexibility index (Phi) is 5.60. The van der Waals surface area contributed by atoms with E-state index in [1.54, 1.807) is 12.1 Å². The summed E-state index contributed by atoms with van der Waals surface area (Å²) in [6.07, 6.45) is -3.10. The molecule has 3 rings (SSSR count). The van der Waals surface area contributed by atoms with Crippen molar-refractivity contribution in [3.63, 3.8) is 0 Å². The van der Waals surface area contributed by atoms with Crippen LogP contribution in [0.3, 0.4) is 0 Å². The van der Waals surface area contributed by atoms with E-state index in [2.05, 4.69) is 10.4 Å². The molecule has 0 saturated carbocycles. The smallest absolute Gasteiger partial charge is 0.418 e. The fourth-order valence-corrected chi connectivity index (χ4v) is 2.61. The minimum absolute atomic E-state index is 0.0183. The summed E-state index contributed by atoms with van der Waals surface area (Å²) in [5, 5.41) is 6.69. The van der Waals surface area contributed by atoms with E-state index in [0.29, 0.717) is 10.8 Å². The van der Waals surface area contributed by atoms with Gasteiger partial charge in [-0.2, -0.15) is 18.3 Å². The van der Waals surface area contributed by atoms with Gasteiger partial charge in [0.25, 0.3) is 5.91 Å². The van der Waals surface area contributed by atoms with Crippen LogP contribution >= 0.6 is 11.6 Å². The number of carbonyl (C=O) groups excluding carboxylic acids is 1. The van der Waals surface area contributed by atoms with Crippen molar-refractivity contribution in [2.24, 2.45) is 0 Å². The third kappa shape index (κ3) is 4.64. The predicted molar refractivity (Wildman–Crippen MR) is 98.4 cm³/mol. The molecule has 0 unspecified atom stereocenters. The lowest BCUT2D eigenvalue weighted by atomic mass is 10.1. The van der Waals surface area contributed by atoms with Crippen molar-refractivity contribution in [1.82, 2.24) is 9.78 Å². The van der Waals surface area contributed by atoms with Crippen molar-refractivity contribution in [2.75, 3.05) is 5.32 Å². The summed E-state index contributed by atoms with van der Waals surface area (Å²) in [6.45, 7) is 1.87. The predicted octanol–water partition coefficient (Wildman–Crippen LogP) is 5.15. The third-order valence-corrected chi connectivity index (χ3v) is 4.11. The summed E-state index contributed by atoms with van der Waals surface area (Å²) < 4.78 is 46.0. The lowest BCUT2D eigenvalue weighted by Gasteiger charge is -2.12. The minimum Gasteiger partial charge on any atom is -0.470 e. The molecule has 2 aromatic carbocycles. The average Bonchev–Trinajstić information content (AvgIpc) is 3.11. The second-order valence-electron chi connectivity index (χ2n) is 5.95. The van der Waals surface area contributed by atoms with Gasteiger partial charge in [0.1, 0.15) is 5.75 Å². The fraction of sp³-hybridized carbons (Fsp3) is 0.158. The number of benzene rings is 2. The first-order valence-corrected chi connectivity index (χ1v) is 8.52. The number of para-hydroxylation sites is 1. The third-order valence-electron chi connectivity index (χ3n) is 3.79. The molecule has 0 aliphatic carbocycles. The highest BCUT2D eigenvalue weighted by molar-refractivity contribution is 6.32. The van der Waals surface area contributed by atoms with Crippen LogP contribution in [0.25, 0.3) is 0 Å². The summed E-state index contributed by atoms with van der Waals surface area (Å²) >= 11 is 6.05. The number of aromatic nitrogens is 2. The maximum absolute atomic E-state index is 13.0. The second-order valence-corrected chi connectivity index (χ2v) is 6.35. The van der Waals surface area contributed by atoms with Gasteiger partial charge in [0.2, 0.25) is 0 Å². The summed E-state index contributed by atoms with van der Waals surface area (Å²) in [5.74, 6) is -0.300. The Morgan fingerprint density at radius 2 is 1.96 bits per heavy atom. The van der Waals surface area contributed by atoms with Crippen molar-refractivity contribution in [1.29, 1.82) is 0 Å². The van der Waals surface area contributed by atoms with Gasteiger partial charge in [0.05, 0.1) is 16.3 Å². The molecule has 0 radical (unpaired) electrons. The quantitative estimate of drug-likeness (QED) is 0.633. The van der Waals surface area contributed by atoms with Crippen LogP contribution in [-0.4, -0.2) is 15.7 Å². The standard InChI is InChI=1S/C19H15ClF3N3O2/c1-12-6-7-14(20)17(10-12)28-11-26-9-8-16(25-26)18(27)24-15-5-3-2-4-13(15)19(21,22)23/h2-10H,11H2,1H3,(H,24,27). The second kappa shape index (κ2) is 7.93. The number of hydrogen-bond acceptors (Lipinski definition) is 3. The van der Waals surface area contributed by atoms with Gasteiger partial charge in [0, 0.05) is 6.20 Å². The Morgan fingerprint density at radius 3 is 2.71 bits per heavy atom. The van der Waals surface area contributed by atoms with E-state index in [4.69, 9.17) is 16.3 Å². The Morgan fingerprint density at radius 1 is 1.21 bits per heavy atom. The highest BCUT2D eigenvalue weighted by Gasteiger charge is 2.33. The highest BCUT2D eigenvalue weighted by atomic mass is 35.5. The monoisotopic (exact) mass is 409 g/mol. The molecule has 1 N–H and O–H groups in total. The summed E-state index contributed by atoms with van der Waals surface area (Å²) in [5.41, 5.74) is -0.350. The van der Waals surface area contributed by atoms with Crippen molar-refractivity contribution in [3.05, 3.63) is 76.6 Å². The molecule has 3 aromatic rings. The normalized spacial score (nSPS) is 11.3. The molecule has 0 saturated heterocycles. The molecule has 1 heterocycles. The number of alkyl halides is 3. The molecular weight excluding hydrogens is 395 g/mol. The number of anilines is 1. The van der Waals surface area contributed by atoms with Crippen molar-refractivity contribution in [2.45, 2.75) is 19.8 Å². The van der Waals surface area contributed by atoms with E-state index < -0.39 is 17.6 Å². The topological polar surface area (TPSA) is 56.1 Å². The van der Waals surface area contributed by atoms with E-state index in [1.165, 1.54) is 35.1 Å². The molecule has 0 atom stereocenters. The molecule has 0 fully saturated rings. The zero-order valence-corrected chi connectivity index (χ0v) is 15.4. The van der Waals surface area contributed by atoms with Gasteiger partial charge < -0.3 is 10.1 Å². The number of aryl methyl sites for hydroxylation is 1. The molecular formula is C19H15ClF3N3O2. The lowest BCUT2D eigenvalue weighted by Crippen LogP contribution is -2.17. The van der Waals surface area contributed by atoms with Crippen LogP contribution in [0.15, 0.2) is 54.7 Å². The molecule has 0 spiro atoms. The number of rotatable bonds is 5. The molecule has 0 aliphatic rings. The van der Waals surface area contributed by atoms with Crippen molar-refractivity contribution in [3.8, 4) is 5.75 Å². The number of nitrogens with zero attached hydrogens (tertiary/aromatic N) is 2. The Labute approximate surface area is 163 Å². The van der Waals surface area contributed by atoms with Gasteiger partial charge in [-0.15, -0.1) is 0 Å². The number of nitrogens with one attached hydrogen (secondary N) is 1. The van der Waals surface area contributed by atoms with Gasteiger partial charge in [-0.1, -0.05) is 29.8 Å². The number of hydrogen-bond donors (Lipinski definition) is 1. The van der Waals surface area contributed by atoms with E-state index in [-0.39, 0.29) is 18.1 Å². The van der Waals surface area contributed by atoms with Crippen LogP contribution in [0.2, 0.25) is 5.02 Å². The van der Waals surface area contributed by atoms with Crippen molar-refractivity contribution < 1.29 is 22.7 Å². The van der Waals surface area contributed by atoms with Crippen LogP contribution in [0.1, 0.15) is 21.6 Å². The molecule has 1 amide bonds. The Hall–Kier alpha value is -3.00. The number of carbonyl (C=O) groups is 1. The summed E-state index contributed by atoms with van der Waals surface area (Å²) in [6, 6.07) is 11.4. The number of ether oxygens (including phenoxy) is 1. The molecule has 0 bridgehead atoms. The highest BCUT2D eigenvalue weighted by Crippen LogP contribution is 2.34. The maximum Gasteiger partial charge on any atom is 0.418 e. The van der Waals surface area contributed by atoms with E-state index in [0.717, 1.165) is 11.6 Å². The summed E-state index contributed by atoms with van der Waals surface area (Å²) in [7, 11) is 0. The van der Waals surface area contributed by atoms with Gasteiger partial charge in [-0.3, -0.25) is 4.79 Å². The van der Waals surface area contributed by atoms with E-state index in [1.807, 2.05) is 13.0 Å². The Bertz CT molecular complexity index is 1000. The zero-order valence-electron chi connectivity index (χ0n) is 14.6. The maximum atomic E-state index is 13.0. The first-order valence-electron chi connectivity index (χ1n) is 8.14. The summed E-state index contributed by atoms with van der Waals surface area (Å²) in [4.78, 5) is 12.3. The van der Waals surface area contributed by atoms with Crippen LogP contribution in [0.5, 0.6) is 5.75 Å². The Balaban J connectivity index is 1.69. The van der Waals surface area contributed by atoms with Crippen LogP contribution in [-0.2, 0) is 12.9 Å². The van der Waals surface area contributed by atoms with Crippen LogP contribution in [0, 0.1) is 6.92 Å². The van der Waals surface area contributed by atoms with Crippen LogP contribution in [0.4, 0.5) is 18.9 Å². The lowest BCUT2D eigenvalue weighted by molar-refractivity contribution is -0.136. The van der Waals surface area contributed by atoms with Crippen molar-refractivity contribution >= 4 is 23.2 Å². The zero-order chi connectivity index (χ0) is 20.3. The number of halogens is 4. The molecule has 1 aromatic heterocycles. The molecule has 5 nitrogen and oxygen atoms in total. The average molecular weight is 410 g/mol. The molecule has 28 heavy (non-hydrogen) atoms. The number of amides is 1. The van der Waals surface area contributed by atoms with Gasteiger partial charge in [-0.05, 0) is 42.8 Å². The van der Waals surface area contributed by atoms with E-state index in [9.17, 15) is 18.0 Å².